The Morgan fingerprint density at radius 1 is 0.962 bits per heavy atom. The number of para-hydroxylation sites is 2. The zero-order valence-corrected chi connectivity index (χ0v) is 31.9. The lowest BCUT2D eigenvalue weighted by Crippen LogP contribution is -2.55. The van der Waals surface area contributed by atoms with E-state index in [1.165, 1.54) is 0 Å². The van der Waals surface area contributed by atoms with Crippen molar-refractivity contribution in [3.8, 4) is 0 Å². The Hall–Kier alpha value is -4.07. The Morgan fingerprint density at radius 3 is 2.42 bits per heavy atom. The third-order valence-electron chi connectivity index (χ3n) is 12.7. The molecular formula is C41H51N5O6Si. The van der Waals surface area contributed by atoms with Crippen LogP contribution in [0.4, 0.5) is 17.1 Å². The summed E-state index contributed by atoms with van der Waals surface area (Å²) in [5.41, 5.74) is 1.83. The minimum absolute atomic E-state index is 0.0448. The Morgan fingerprint density at radius 2 is 1.68 bits per heavy atom. The topological polar surface area (TPSA) is 126 Å². The van der Waals surface area contributed by atoms with Gasteiger partial charge in [0.25, 0.3) is 11.8 Å². The van der Waals surface area contributed by atoms with Gasteiger partial charge in [-0.2, -0.15) is 0 Å². The van der Waals surface area contributed by atoms with Crippen molar-refractivity contribution in [1.82, 2.24) is 10.2 Å². The van der Waals surface area contributed by atoms with E-state index in [9.17, 15) is 24.3 Å². The Bertz CT molecular complexity index is 1880. The van der Waals surface area contributed by atoms with Crippen molar-refractivity contribution in [2.75, 3.05) is 47.6 Å². The highest BCUT2D eigenvalue weighted by atomic mass is 28.4. The van der Waals surface area contributed by atoms with Gasteiger partial charge >= 0.3 is 0 Å². The predicted octanol–water partition coefficient (Wildman–Crippen LogP) is 4.34. The number of carbonyl (C=O) groups excluding carboxylic acids is 3. The van der Waals surface area contributed by atoms with Crippen LogP contribution in [0.15, 0.2) is 78.9 Å². The number of fused-ring (bicyclic) bond motifs is 2. The van der Waals surface area contributed by atoms with Crippen LogP contribution in [0.2, 0.25) is 18.6 Å². The molecule has 0 saturated carbocycles. The van der Waals surface area contributed by atoms with Crippen LogP contribution in [-0.2, 0) is 31.3 Å². The largest absolute Gasteiger partial charge is 0.432 e. The number of amides is 3. The zero-order valence-electron chi connectivity index (χ0n) is 30.9. The molecule has 3 amide bonds. The molecule has 8 rings (SSSR count). The first-order chi connectivity index (χ1) is 25.5. The van der Waals surface area contributed by atoms with Crippen LogP contribution in [0, 0.1) is 5.92 Å². The molecule has 12 heteroatoms. The van der Waals surface area contributed by atoms with E-state index in [1.807, 2.05) is 91.6 Å². The van der Waals surface area contributed by atoms with Crippen molar-refractivity contribution >= 4 is 43.1 Å². The normalized spacial score (nSPS) is 28.2. The molecule has 53 heavy (non-hydrogen) atoms. The predicted molar refractivity (Wildman–Crippen MR) is 206 cm³/mol. The van der Waals surface area contributed by atoms with Gasteiger partial charge in [0.2, 0.25) is 5.91 Å². The van der Waals surface area contributed by atoms with E-state index < -0.39 is 31.5 Å². The first-order valence-corrected chi connectivity index (χ1v) is 22.2. The van der Waals surface area contributed by atoms with E-state index in [0.717, 1.165) is 67.0 Å². The lowest BCUT2D eigenvalue weighted by Gasteiger charge is -2.39. The van der Waals surface area contributed by atoms with Crippen LogP contribution in [0.5, 0.6) is 0 Å². The molecule has 3 aromatic carbocycles. The van der Waals surface area contributed by atoms with Gasteiger partial charge in [-0.05, 0) is 87.8 Å². The third-order valence-corrected chi connectivity index (χ3v) is 15.2. The Balaban J connectivity index is 1.09. The molecule has 0 unspecified atom stereocenters. The van der Waals surface area contributed by atoms with Crippen LogP contribution in [0.1, 0.15) is 50.2 Å². The fourth-order valence-corrected chi connectivity index (χ4v) is 12.8. The molecule has 4 fully saturated rings. The van der Waals surface area contributed by atoms with Crippen LogP contribution in [0.25, 0.3) is 0 Å². The molecule has 3 aromatic rings. The second-order valence-corrected chi connectivity index (χ2v) is 20.1. The maximum absolute atomic E-state index is 15.0. The van der Waals surface area contributed by atoms with E-state index in [0.29, 0.717) is 13.2 Å². The maximum atomic E-state index is 15.0. The lowest BCUT2D eigenvalue weighted by atomic mass is 9.82. The molecule has 3 N–H and O–H groups in total. The fraction of sp³-hybridized carbons (Fsp3) is 0.488. The van der Waals surface area contributed by atoms with Gasteiger partial charge in [-0.15, -0.1) is 0 Å². The van der Waals surface area contributed by atoms with Crippen molar-refractivity contribution in [3.05, 3.63) is 90.0 Å². The number of rotatable bonds is 8. The summed E-state index contributed by atoms with van der Waals surface area (Å²) in [6.07, 6.45) is 2.43. The summed E-state index contributed by atoms with van der Waals surface area (Å²) in [6.45, 7) is 8.46. The molecule has 11 nitrogen and oxygen atoms in total. The minimum atomic E-state index is -2.96. The molecule has 5 aliphatic heterocycles. The number of ether oxygens (including phenoxy) is 1. The number of piperidine rings is 1. The fourth-order valence-electron chi connectivity index (χ4n) is 10.2. The summed E-state index contributed by atoms with van der Waals surface area (Å²) in [6, 6.07) is 25.6. The highest BCUT2D eigenvalue weighted by Crippen LogP contribution is 2.60. The van der Waals surface area contributed by atoms with Gasteiger partial charge in [-0.3, -0.25) is 19.3 Å². The number of aliphatic hydroxyl groups is 1. The quantitative estimate of drug-likeness (QED) is 0.292. The summed E-state index contributed by atoms with van der Waals surface area (Å²) in [5.74, 6) is -0.613. The number of likely N-dealkylation sites (tertiary alicyclic amines) is 1. The van der Waals surface area contributed by atoms with Crippen molar-refractivity contribution in [1.29, 1.82) is 0 Å². The smallest absolute Gasteiger partial charge is 0.264 e. The summed E-state index contributed by atoms with van der Waals surface area (Å²) in [5, 5.41) is 13.3. The Labute approximate surface area is 312 Å². The second kappa shape index (κ2) is 13.7. The number of aliphatic hydroxyl groups excluding tert-OH is 1. The summed E-state index contributed by atoms with van der Waals surface area (Å²) >= 11 is 0. The van der Waals surface area contributed by atoms with E-state index in [4.69, 9.17) is 4.74 Å². The van der Waals surface area contributed by atoms with Crippen molar-refractivity contribution in [2.45, 2.75) is 87.5 Å². The molecule has 280 valence electrons. The van der Waals surface area contributed by atoms with Crippen LogP contribution < -0.4 is 20.0 Å². The zero-order chi connectivity index (χ0) is 37.1. The second-order valence-electron chi connectivity index (χ2n) is 16.1. The van der Waals surface area contributed by atoms with Crippen molar-refractivity contribution in [2.24, 2.45) is 5.92 Å². The van der Waals surface area contributed by atoms with Gasteiger partial charge in [0.15, 0.2) is 13.9 Å². The number of anilines is 3. The highest BCUT2D eigenvalue weighted by Gasteiger charge is 2.66. The van der Waals surface area contributed by atoms with Gasteiger partial charge < -0.3 is 34.7 Å². The first-order valence-electron chi connectivity index (χ1n) is 19.2. The van der Waals surface area contributed by atoms with Crippen molar-refractivity contribution in [3.63, 3.8) is 0 Å². The van der Waals surface area contributed by atoms with E-state index in [2.05, 4.69) is 22.3 Å². The van der Waals surface area contributed by atoms with E-state index >= 15 is 0 Å². The number of carbonyl (C=O) groups is 3. The monoisotopic (exact) mass is 737 g/mol. The molecule has 0 bridgehead atoms. The van der Waals surface area contributed by atoms with Crippen LogP contribution >= 0.6 is 0 Å². The van der Waals surface area contributed by atoms with Crippen LogP contribution in [-0.4, -0.2) is 91.4 Å². The SMILES string of the molecule is C[C@@H]1[C@@H]([Si](C)(C)O)[C@H](CC(=O)N2CCC[C@H]2CO)O[C@@]12C(=O)N(Cc1cccc(N3CN(c4ccccc4)C4(CCNCC4)C3=O)c1)c1ccccc12. The molecule has 0 aromatic heterocycles. The molecular weight excluding hydrogens is 687 g/mol. The summed E-state index contributed by atoms with van der Waals surface area (Å²) in [4.78, 5) is 62.4. The molecule has 2 spiro atoms. The number of hydrogen-bond acceptors (Lipinski definition) is 8. The average molecular weight is 738 g/mol. The average Bonchev–Trinajstić information content (AvgIpc) is 3.89. The molecule has 5 aliphatic rings. The van der Waals surface area contributed by atoms with Gasteiger partial charge in [-0.25, -0.2) is 0 Å². The molecule has 4 saturated heterocycles. The van der Waals surface area contributed by atoms with E-state index in [1.54, 1.807) is 9.80 Å². The maximum Gasteiger partial charge on any atom is 0.264 e. The number of nitrogens with zero attached hydrogens (tertiary/aromatic N) is 4. The lowest BCUT2D eigenvalue weighted by molar-refractivity contribution is -0.150. The molecule has 0 aliphatic carbocycles. The Kier molecular flexibility index (Phi) is 9.25. The van der Waals surface area contributed by atoms with Gasteiger partial charge in [0.05, 0.1) is 44.1 Å². The number of benzene rings is 3. The van der Waals surface area contributed by atoms with Gasteiger partial charge in [-0.1, -0.05) is 55.5 Å². The van der Waals surface area contributed by atoms with Crippen molar-refractivity contribution < 1.29 is 29.0 Å². The molecule has 0 radical (unpaired) electrons. The highest BCUT2D eigenvalue weighted by molar-refractivity contribution is 6.71. The van der Waals surface area contributed by atoms with Crippen LogP contribution in [0.3, 0.4) is 0 Å². The number of nitrogens with one attached hydrogen (secondary N) is 1. The van der Waals surface area contributed by atoms with E-state index in [-0.39, 0.29) is 48.9 Å². The van der Waals surface area contributed by atoms with Gasteiger partial charge in [0, 0.05) is 34.9 Å². The standard InChI is InChI=1S/C41H51N5O6Si/c1-28-37(53(2,3)51)35(24-36(48)43-22-10-15-32(43)26-47)52-41(28)33-16-7-8-17-34(33)44(39(41)50)25-29-11-9-14-31(23-29)45-27-46(30-12-5-4-6-13-30)40(38(45)49)18-20-42-21-19-40/h4-9,11-14,16-17,23,28,32,35,37,42,47,51H,10,15,18-22,24-27H2,1-3H3/t28-,32+,35+,37-,41+/m1/s1. The molecule has 5 atom stereocenters. The third kappa shape index (κ3) is 5.81. The minimum Gasteiger partial charge on any atom is -0.432 e. The first kappa shape index (κ1) is 35.9. The van der Waals surface area contributed by atoms with Gasteiger partial charge in [0.1, 0.15) is 5.54 Å². The summed E-state index contributed by atoms with van der Waals surface area (Å²) in [7, 11) is -2.96. The molecule has 5 heterocycles. The summed E-state index contributed by atoms with van der Waals surface area (Å²) < 4.78 is 6.91. The number of hydrogen-bond donors (Lipinski definition) is 3.